The van der Waals surface area contributed by atoms with Gasteiger partial charge in [-0.3, -0.25) is 9.59 Å². The van der Waals surface area contributed by atoms with E-state index < -0.39 is 23.7 Å². The monoisotopic (exact) mass is 320 g/mol. The molecule has 3 rings (SSSR count). The highest BCUT2D eigenvalue weighted by molar-refractivity contribution is 6.01. The molecule has 0 radical (unpaired) electrons. The van der Waals surface area contributed by atoms with Crippen molar-refractivity contribution in [2.24, 2.45) is 0 Å². The summed E-state index contributed by atoms with van der Waals surface area (Å²) in [7, 11) is 0. The van der Waals surface area contributed by atoms with E-state index in [0.717, 1.165) is 12.8 Å². The first-order chi connectivity index (χ1) is 11.0. The Bertz CT molecular complexity index is 676. The SMILES string of the molecule is O=C1CC(C(=O)N2CCCCC2C(=O)O)c2ccc(F)cc2N1. The number of halogens is 1. The summed E-state index contributed by atoms with van der Waals surface area (Å²) < 4.78 is 13.3. The number of rotatable bonds is 2. The molecule has 0 saturated carbocycles. The molecule has 7 heteroatoms. The summed E-state index contributed by atoms with van der Waals surface area (Å²) in [6.07, 6.45) is 1.86. The maximum atomic E-state index is 13.3. The predicted octanol–water partition coefficient (Wildman–Crippen LogP) is 1.72. The molecule has 23 heavy (non-hydrogen) atoms. The van der Waals surface area contributed by atoms with Gasteiger partial charge < -0.3 is 15.3 Å². The maximum Gasteiger partial charge on any atom is 0.326 e. The number of carboxylic acids is 1. The summed E-state index contributed by atoms with van der Waals surface area (Å²) in [4.78, 5) is 37.4. The minimum Gasteiger partial charge on any atom is -0.480 e. The average molecular weight is 320 g/mol. The zero-order valence-corrected chi connectivity index (χ0v) is 12.4. The third kappa shape index (κ3) is 2.91. The number of carbonyl (C=O) groups is 3. The van der Waals surface area contributed by atoms with E-state index in [-0.39, 0.29) is 23.9 Å². The van der Waals surface area contributed by atoms with Gasteiger partial charge in [0.25, 0.3) is 0 Å². The molecule has 1 aromatic carbocycles. The maximum absolute atomic E-state index is 13.3. The van der Waals surface area contributed by atoms with Crippen LogP contribution in [0, 0.1) is 5.82 Å². The van der Waals surface area contributed by atoms with Gasteiger partial charge in [-0.1, -0.05) is 6.07 Å². The molecule has 122 valence electrons. The van der Waals surface area contributed by atoms with E-state index >= 15 is 0 Å². The number of anilines is 1. The van der Waals surface area contributed by atoms with E-state index in [1.807, 2.05) is 0 Å². The number of hydrogen-bond donors (Lipinski definition) is 2. The van der Waals surface area contributed by atoms with Gasteiger partial charge in [0.15, 0.2) is 0 Å². The minimum absolute atomic E-state index is 0.0553. The summed E-state index contributed by atoms with van der Waals surface area (Å²) in [5.41, 5.74) is 0.814. The third-order valence-corrected chi connectivity index (χ3v) is 4.42. The fourth-order valence-corrected chi connectivity index (χ4v) is 3.31. The molecule has 1 fully saturated rings. The molecule has 1 saturated heterocycles. The molecule has 2 heterocycles. The molecule has 1 aromatic rings. The van der Waals surface area contributed by atoms with E-state index in [1.54, 1.807) is 0 Å². The van der Waals surface area contributed by atoms with Crippen molar-refractivity contribution < 1.29 is 23.9 Å². The fourth-order valence-electron chi connectivity index (χ4n) is 3.31. The van der Waals surface area contributed by atoms with Crippen molar-refractivity contribution in [1.82, 2.24) is 4.90 Å². The fraction of sp³-hybridized carbons (Fsp3) is 0.438. The van der Waals surface area contributed by atoms with Gasteiger partial charge in [-0.25, -0.2) is 9.18 Å². The van der Waals surface area contributed by atoms with Gasteiger partial charge in [-0.2, -0.15) is 0 Å². The lowest BCUT2D eigenvalue weighted by atomic mass is 9.88. The average Bonchev–Trinajstić information content (AvgIpc) is 2.52. The Labute approximate surface area is 132 Å². The Morgan fingerprint density at radius 3 is 2.83 bits per heavy atom. The number of fused-ring (bicyclic) bond motifs is 1. The number of carbonyl (C=O) groups excluding carboxylic acids is 2. The molecule has 0 bridgehead atoms. The molecule has 0 spiro atoms. The van der Waals surface area contributed by atoms with E-state index in [4.69, 9.17) is 0 Å². The minimum atomic E-state index is -1.03. The van der Waals surface area contributed by atoms with Crippen molar-refractivity contribution in [3.63, 3.8) is 0 Å². The van der Waals surface area contributed by atoms with Gasteiger partial charge in [-0.05, 0) is 37.0 Å². The van der Waals surface area contributed by atoms with Crippen LogP contribution in [0.25, 0.3) is 0 Å². The molecule has 0 aromatic heterocycles. The van der Waals surface area contributed by atoms with Crippen LogP contribution in [0.5, 0.6) is 0 Å². The van der Waals surface area contributed by atoms with Crippen LogP contribution in [0.2, 0.25) is 0 Å². The standard InChI is InChI=1S/C16H17FN2O4/c17-9-4-5-10-11(8-14(20)18-12(10)7-9)15(21)19-6-2-1-3-13(19)16(22)23/h4-5,7,11,13H,1-3,6,8H2,(H,18,20)(H,22,23). The van der Waals surface area contributed by atoms with Crippen molar-refractivity contribution in [2.45, 2.75) is 37.6 Å². The second kappa shape index (κ2) is 5.98. The second-order valence-electron chi connectivity index (χ2n) is 5.92. The van der Waals surface area contributed by atoms with Crippen molar-refractivity contribution in [3.05, 3.63) is 29.6 Å². The Hall–Kier alpha value is -2.44. The van der Waals surface area contributed by atoms with Gasteiger partial charge in [0.1, 0.15) is 11.9 Å². The smallest absolute Gasteiger partial charge is 0.326 e. The number of carboxylic acid groups (broad SMARTS) is 1. The van der Waals surface area contributed by atoms with Gasteiger partial charge in [0.05, 0.1) is 5.92 Å². The first-order valence-corrected chi connectivity index (χ1v) is 7.60. The number of likely N-dealkylation sites (tertiary alicyclic amines) is 1. The lowest BCUT2D eigenvalue weighted by molar-refractivity contribution is -0.153. The van der Waals surface area contributed by atoms with Crippen molar-refractivity contribution in [1.29, 1.82) is 0 Å². The van der Waals surface area contributed by atoms with Gasteiger partial charge in [0, 0.05) is 18.7 Å². The highest BCUT2D eigenvalue weighted by atomic mass is 19.1. The first kappa shape index (κ1) is 15.5. The lowest BCUT2D eigenvalue weighted by Gasteiger charge is -2.36. The number of piperidine rings is 1. The van der Waals surface area contributed by atoms with Crippen LogP contribution in [0.3, 0.4) is 0 Å². The van der Waals surface area contributed by atoms with Crippen molar-refractivity contribution in [2.75, 3.05) is 11.9 Å². The molecule has 2 aliphatic heterocycles. The molecule has 2 amide bonds. The molecular weight excluding hydrogens is 303 g/mol. The second-order valence-corrected chi connectivity index (χ2v) is 5.92. The number of benzene rings is 1. The van der Waals surface area contributed by atoms with E-state index in [2.05, 4.69) is 5.32 Å². The summed E-state index contributed by atoms with van der Waals surface area (Å²) in [5.74, 6) is -3.04. The van der Waals surface area contributed by atoms with Gasteiger partial charge in [0.2, 0.25) is 11.8 Å². The van der Waals surface area contributed by atoms with Crippen LogP contribution >= 0.6 is 0 Å². The summed E-state index contributed by atoms with van der Waals surface area (Å²) in [6, 6.07) is 3.04. The number of amides is 2. The lowest BCUT2D eigenvalue weighted by Crippen LogP contribution is -2.50. The molecule has 2 N–H and O–H groups in total. The Kier molecular flexibility index (Phi) is 4.02. The number of aliphatic carboxylic acids is 1. The van der Waals surface area contributed by atoms with Crippen molar-refractivity contribution in [3.8, 4) is 0 Å². The van der Waals surface area contributed by atoms with Crippen LogP contribution in [0.15, 0.2) is 18.2 Å². The molecule has 6 nitrogen and oxygen atoms in total. The van der Waals surface area contributed by atoms with Gasteiger partial charge >= 0.3 is 5.97 Å². The topological polar surface area (TPSA) is 86.7 Å². The highest BCUT2D eigenvalue weighted by Gasteiger charge is 2.39. The van der Waals surface area contributed by atoms with Crippen LogP contribution in [0.1, 0.15) is 37.2 Å². The van der Waals surface area contributed by atoms with Crippen LogP contribution in [0.4, 0.5) is 10.1 Å². The summed E-state index contributed by atoms with van der Waals surface area (Å²) in [6.45, 7) is 0.366. The van der Waals surface area contributed by atoms with E-state index in [9.17, 15) is 23.9 Å². The molecule has 0 aliphatic carbocycles. The molecular formula is C16H17FN2O4. The predicted molar refractivity (Wildman–Crippen MR) is 79.4 cm³/mol. The van der Waals surface area contributed by atoms with Crippen LogP contribution < -0.4 is 5.32 Å². The first-order valence-electron chi connectivity index (χ1n) is 7.60. The normalized spacial score (nSPS) is 23.9. The zero-order valence-electron chi connectivity index (χ0n) is 12.4. The van der Waals surface area contributed by atoms with Gasteiger partial charge in [-0.15, -0.1) is 0 Å². The number of nitrogens with zero attached hydrogens (tertiary/aromatic N) is 1. The Morgan fingerprint density at radius 2 is 2.09 bits per heavy atom. The quantitative estimate of drug-likeness (QED) is 0.868. The number of hydrogen-bond acceptors (Lipinski definition) is 3. The largest absolute Gasteiger partial charge is 0.480 e. The summed E-state index contributed by atoms with van der Waals surface area (Å²) in [5, 5.41) is 11.9. The number of nitrogens with one attached hydrogen (secondary N) is 1. The van der Waals surface area contributed by atoms with Crippen molar-refractivity contribution >= 4 is 23.5 Å². The molecule has 2 atom stereocenters. The molecule has 2 aliphatic rings. The van der Waals surface area contributed by atoms with E-state index in [1.165, 1.54) is 23.1 Å². The van der Waals surface area contributed by atoms with E-state index in [0.29, 0.717) is 18.5 Å². The summed E-state index contributed by atoms with van der Waals surface area (Å²) >= 11 is 0. The third-order valence-electron chi connectivity index (χ3n) is 4.42. The zero-order chi connectivity index (χ0) is 16.6. The van der Waals surface area contributed by atoms with Crippen LogP contribution in [-0.2, 0) is 14.4 Å². The van der Waals surface area contributed by atoms with Crippen LogP contribution in [-0.4, -0.2) is 40.4 Å². The Balaban J connectivity index is 1.93. The Morgan fingerprint density at radius 1 is 1.30 bits per heavy atom. The highest BCUT2D eigenvalue weighted by Crippen LogP contribution is 2.35. The molecule has 2 unspecified atom stereocenters.